The second kappa shape index (κ2) is 10.7. The fraction of sp³-hybridized carbons (Fsp3) is 0.200. The predicted octanol–water partition coefficient (Wildman–Crippen LogP) is 4.79. The van der Waals surface area contributed by atoms with Gasteiger partial charge in [-0.2, -0.15) is 0 Å². The molecule has 0 fully saturated rings. The highest BCUT2D eigenvalue weighted by atomic mass is 35.5. The van der Waals surface area contributed by atoms with Gasteiger partial charge in [0.2, 0.25) is 0 Å². The molecule has 1 amide bonds. The van der Waals surface area contributed by atoms with E-state index in [4.69, 9.17) is 11.6 Å². The maximum atomic E-state index is 12.9. The lowest BCUT2D eigenvalue weighted by atomic mass is 9.97. The van der Waals surface area contributed by atoms with E-state index in [0.29, 0.717) is 27.5 Å². The van der Waals surface area contributed by atoms with Crippen molar-refractivity contribution in [3.8, 4) is 0 Å². The van der Waals surface area contributed by atoms with Gasteiger partial charge in [0, 0.05) is 42.4 Å². The van der Waals surface area contributed by atoms with Gasteiger partial charge in [-0.25, -0.2) is 4.98 Å². The molecule has 2 N–H and O–H groups in total. The standard InChI is InChI=1S/C24H21ClN4O2.CH4/c25-19-10-11-22(28-15-19)29-24(31)20-5-2-1-4-18(20)14-21(30)16-6-8-17(9-7-16)23-26-12-3-13-27-23;/h1-2,4-11,15H,3,12-14H2,(H,26,27)(H,28,29,31);1H4. The molecule has 0 saturated heterocycles. The third kappa shape index (κ3) is 5.59. The van der Waals surface area contributed by atoms with E-state index in [0.717, 1.165) is 30.9 Å². The largest absolute Gasteiger partial charge is 0.370 e. The highest BCUT2D eigenvalue weighted by molar-refractivity contribution is 6.30. The van der Waals surface area contributed by atoms with Gasteiger partial charge in [-0.15, -0.1) is 0 Å². The highest BCUT2D eigenvalue weighted by Gasteiger charge is 2.16. The number of aromatic nitrogens is 1. The average Bonchev–Trinajstić information content (AvgIpc) is 2.81. The van der Waals surface area contributed by atoms with Crippen molar-refractivity contribution in [2.75, 3.05) is 18.4 Å². The van der Waals surface area contributed by atoms with Crippen molar-refractivity contribution >= 4 is 34.9 Å². The number of ketones is 1. The van der Waals surface area contributed by atoms with Gasteiger partial charge in [0.15, 0.2) is 5.78 Å². The number of amidine groups is 1. The molecule has 1 aliphatic heterocycles. The van der Waals surface area contributed by atoms with E-state index in [1.54, 1.807) is 42.5 Å². The number of halogens is 1. The first-order valence-corrected chi connectivity index (χ1v) is 10.4. The van der Waals surface area contributed by atoms with E-state index in [1.807, 2.05) is 18.2 Å². The van der Waals surface area contributed by atoms with Crippen molar-refractivity contribution in [2.24, 2.45) is 4.99 Å². The van der Waals surface area contributed by atoms with Crippen LogP contribution in [0.3, 0.4) is 0 Å². The van der Waals surface area contributed by atoms with Crippen LogP contribution in [0.5, 0.6) is 0 Å². The Hall–Kier alpha value is -3.51. The van der Waals surface area contributed by atoms with Gasteiger partial charge < -0.3 is 10.6 Å². The Morgan fingerprint density at radius 3 is 2.50 bits per heavy atom. The van der Waals surface area contributed by atoms with Crippen LogP contribution in [0, 0.1) is 0 Å². The Morgan fingerprint density at radius 1 is 1.03 bits per heavy atom. The smallest absolute Gasteiger partial charge is 0.257 e. The summed E-state index contributed by atoms with van der Waals surface area (Å²) < 4.78 is 0. The molecule has 32 heavy (non-hydrogen) atoms. The number of pyridine rings is 1. The Labute approximate surface area is 192 Å². The topological polar surface area (TPSA) is 83.5 Å². The highest BCUT2D eigenvalue weighted by Crippen LogP contribution is 2.17. The second-order valence-corrected chi connectivity index (χ2v) is 7.60. The maximum absolute atomic E-state index is 12.9. The molecular weight excluding hydrogens is 424 g/mol. The number of carbonyl (C=O) groups excluding carboxylic acids is 2. The third-order valence-electron chi connectivity index (χ3n) is 4.96. The van der Waals surface area contributed by atoms with Crippen molar-refractivity contribution in [3.05, 3.63) is 94.1 Å². The minimum Gasteiger partial charge on any atom is -0.370 e. The van der Waals surface area contributed by atoms with Gasteiger partial charge in [-0.3, -0.25) is 14.6 Å². The molecule has 164 valence electrons. The molecule has 7 heteroatoms. The van der Waals surface area contributed by atoms with Crippen molar-refractivity contribution in [1.29, 1.82) is 0 Å². The van der Waals surface area contributed by atoms with E-state index in [-0.39, 0.29) is 25.5 Å². The molecule has 0 saturated carbocycles. The van der Waals surface area contributed by atoms with Crippen molar-refractivity contribution in [1.82, 2.24) is 10.3 Å². The number of Topliss-reactive ketones (excluding diaryl/α,β-unsaturated/α-hetero) is 1. The summed E-state index contributed by atoms with van der Waals surface area (Å²) in [4.78, 5) is 34.2. The SMILES string of the molecule is C.O=C(Cc1ccccc1C(=O)Nc1ccc(Cl)cn1)c1ccc(C2=NCCCN2)cc1. The lowest BCUT2D eigenvalue weighted by molar-refractivity contribution is 0.0992. The molecule has 0 atom stereocenters. The lowest BCUT2D eigenvalue weighted by Crippen LogP contribution is -2.30. The Balaban J connectivity index is 0.00000289. The van der Waals surface area contributed by atoms with Crippen molar-refractivity contribution < 1.29 is 9.59 Å². The number of nitrogens with one attached hydrogen (secondary N) is 2. The van der Waals surface area contributed by atoms with Crippen LogP contribution in [-0.4, -0.2) is 35.6 Å². The monoisotopic (exact) mass is 448 g/mol. The minimum absolute atomic E-state index is 0. The molecule has 3 aromatic rings. The van der Waals surface area contributed by atoms with Crippen LogP contribution in [0.1, 0.15) is 45.7 Å². The van der Waals surface area contributed by atoms with Crippen LogP contribution in [0.15, 0.2) is 71.9 Å². The first-order valence-electron chi connectivity index (χ1n) is 10.0. The molecule has 2 heterocycles. The summed E-state index contributed by atoms with van der Waals surface area (Å²) in [5.41, 5.74) is 2.65. The zero-order valence-corrected chi connectivity index (χ0v) is 17.5. The molecule has 0 bridgehead atoms. The van der Waals surface area contributed by atoms with Crippen LogP contribution in [-0.2, 0) is 6.42 Å². The summed E-state index contributed by atoms with van der Waals surface area (Å²) in [5, 5.41) is 6.50. The van der Waals surface area contributed by atoms with E-state index in [2.05, 4.69) is 20.6 Å². The first-order chi connectivity index (χ1) is 15.1. The van der Waals surface area contributed by atoms with E-state index in [9.17, 15) is 9.59 Å². The van der Waals surface area contributed by atoms with Gasteiger partial charge in [0.25, 0.3) is 5.91 Å². The summed E-state index contributed by atoms with van der Waals surface area (Å²) in [6.45, 7) is 1.72. The number of anilines is 1. The van der Waals surface area contributed by atoms with Gasteiger partial charge in [0.05, 0.1) is 5.02 Å². The number of amides is 1. The van der Waals surface area contributed by atoms with Crippen LogP contribution < -0.4 is 10.6 Å². The predicted molar refractivity (Wildman–Crippen MR) is 129 cm³/mol. The number of nitrogens with zero attached hydrogens (tertiary/aromatic N) is 2. The van der Waals surface area contributed by atoms with Crippen molar-refractivity contribution in [2.45, 2.75) is 20.3 Å². The van der Waals surface area contributed by atoms with E-state index < -0.39 is 0 Å². The number of carbonyl (C=O) groups is 2. The quantitative estimate of drug-likeness (QED) is 0.531. The van der Waals surface area contributed by atoms with E-state index in [1.165, 1.54) is 6.20 Å². The second-order valence-electron chi connectivity index (χ2n) is 7.16. The molecule has 0 spiro atoms. The summed E-state index contributed by atoms with van der Waals surface area (Å²) in [6, 6.07) is 17.7. The molecule has 0 radical (unpaired) electrons. The summed E-state index contributed by atoms with van der Waals surface area (Å²) in [5.74, 6) is 0.873. The summed E-state index contributed by atoms with van der Waals surface area (Å²) in [7, 11) is 0. The molecule has 1 aliphatic rings. The van der Waals surface area contributed by atoms with Gasteiger partial charge >= 0.3 is 0 Å². The fourth-order valence-electron chi connectivity index (χ4n) is 3.34. The van der Waals surface area contributed by atoms with Gasteiger partial charge in [-0.1, -0.05) is 61.5 Å². The number of aliphatic imine (C=N–C) groups is 1. The third-order valence-corrected chi connectivity index (χ3v) is 5.18. The zero-order chi connectivity index (χ0) is 21.6. The van der Waals surface area contributed by atoms with Crippen LogP contribution in [0.4, 0.5) is 5.82 Å². The molecule has 2 aromatic carbocycles. The Bertz CT molecular complexity index is 1130. The van der Waals surface area contributed by atoms with Crippen LogP contribution in [0.25, 0.3) is 0 Å². The first kappa shape index (κ1) is 23.2. The average molecular weight is 449 g/mol. The van der Waals surface area contributed by atoms with Gasteiger partial charge in [-0.05, 0) is 30.2 Å². The Morgan fingerprint density at radius 2 is 1.81 bits per heavy atom. The molecular formula is C25H25ClN4O2. The minimum atomic E-state index is -0.324. The zero-order valence-electron chi connectivity index (χ0n) is 16.8. The van der Waals surface area contributed by atoms with Crippen LogP contribution in [0.2, 0.25) is 5.02 Å². The van der Waals surface area contributed by atoms with E-state index >= 15 is 0 Å². The number of rotatable bonds is 6. The summed E-state index contributed by atoms with van der Waals surface area (Å²) >= 11 is 5.84. The number of hydrogen-bond donors (Lipinski definition) is 2. The number of benzene rings is 2. The molecule has 6 nitrogen and oxygen atoms in total. The molecule has 0 unspecified atom stereocenters. The maximum Gasteiger partial charge on any atom is 0.257 e. The molecule has 4 rings (SSSR count). The normalized spacial score (nSPS) is 12.7. The summed E-state index contributed by atoms with van der Waals surface area (Å²) in [6.07, 6.45) is 2.61. The molecule has 0 aliphatic carbocycles. The fourth-order valence-corrected chi connectivity index (χ4v) is 3.46. The Kier molecular flexibility index (Phi) is 7.73. The number of hydrogen-bond acceptors (Lipinski definition) is 5. The van der Waals surface area contributed by atoms with Crippen LogP contribution >= 0.6 is 11.6 Å². The lowest BCUT2D eigenvalue weighted by Gasteiger charge is -2.15. The molecule has 1 aromatic heterocycles. The van der Waals surface area contributed by atoms with Crippen molar-refractivity contribution in [3.63, 3.8) is 0 Å². The van der Waals surface area contributed by atoms with Gasteiger partial charge in [0.1, 0.15) is 11.7 Å².